The number of amides is 1. The number of aromatic carboxylic acids is 1. The summed E-state index contributed by atoms with van der Waals surface area (Å²) in [6, 6.07) is 8.48. The Morgan fingerprint density at radius 1 is 0.843 bits per heavy atom. The van der Waals surface area contributed by atoms with Gasteiger partial charge in [-0.05, 0) is 90.6 Å². The number of hydrogen-bond donors (Lipinski definition) is 1. The molecular weight excluding hydrogens is 699 g/mol. The van der Waals surface area contributed by atoms with Crippen LogP contribution in [0.5, 0.6) is 5.75 Å². The average molecular weight is 725 g/mol. The van der Waals surface area contributed by atoms with Gasteiger partial charge in [0, 0.05) is 17.3 Å². The first-order valence-corrected chi connectivity index (χ1v) is 15.2. The van der Waals surface area contributed by atoms with Crippen LogP contribution in [0.4, 0.5) is 44.3 Å². The molecule has 2 fully saturated rings. The lowest BCUT2D eigenvalue weighted by Crippen LogP contribution is -2.31. The van der Waals surface area contributed by atoms with Crippen LogP contribution in [0.3, 0.4) is 0 Å². The van der Waals surface area contributed by atoms with Crippen molar-refractivity contribution in [1.82, 2.24) is 9.88 Å². The summed E-state index contributed by atoms with van der Waals surface area (Å²) in [5.41, 5.74) is -3.22. The van der Waals surface area contributed by atoms with E-state index in [-0.39, 0.29) is 47.0 Å². The SMILES string of the molecule is COc1ccc(-c2ccc(C(=O)O)cc2C)cc1-c1ncc(C(F)(F)F)cc1[C@@H]1CC[C@H]2[C@@H](c3cc(C(F)(F)F)cc(C(F)(F)F)c3)OC(=O)N12. The van der Waals surface area contributed by atoms with E-state index in [1.54, 1.807) is 25.1 Å². The molecule has 16 heteroatoms. The number of carbonyl (C=O) groups excluding carboxylic acids is 1. The van der Waals surface area contributed by atoms with Crippen molar-refractivity contribution < 1.29 is 63.7 Å². The lowest BCUT2D eigenvalue weighted by Gasteiger charge is -2.26. The predicted octanol–water partition coefficient (Wildman–Crippen LogP) is 9.88. The topological polar surface area (TPSA) is 89.0 Å². The molecule has 0 spiro atoms. The van der Waals surface area contributed by atoms with Crippen molar-refractivity contribution in [3.8, 4) is 28.1 Å². The van der Waals surface area contributed by atoms with Gasteiger partial charge in [0.2, 0.25) is 0 Å². The smallest absolute Gasteiger partial charge is 0.417 e. The summed E-state index contributed by atoms with van der Waals surface area (Å²) in [5, 5.41) is 9.37. The number of methoxy groups -OCH3 is 1. The molecule has 0 saturated carbocycles. The minimum Gasteiger partial charge on any atom is -0.496 e. The van der Waals surface area contributed by atoms with Crippen molar-refractivity contribution in [2.75, 3.05) is 7.11 Å². The molecule has 3 atom stereocenters. The van der Waals surface area contributed by atoms with E-state index < -0.39 is 71.0 Å². The van der Waals surface area contributed by atoms with Crippen LogP contribution in [0, 0.1) is 6.92 Å². The Balaban J connectivity index is 1.46. The number of cyclic esters (lactones) is 1. The van der Waals surface area contributed by atoms with Crippen molar-refractivity contribution in [2.24, 2.45) is 0 Å². The Morgan fingerprint density at radius 2 is 1.49 bits per heavy atom. The van der Waals surface area contributed by atoms with Crippen LogP contribution >= 0.6 is 0 Å². The number of rotatable bonds is 6. The van der Waals surface area contributed by atoms with Gasteiger partial charge in [-0.1, -0.05) is 12.1 Å². The van der Waals surface area contributed by atoms with Crippen molar-refractivity contribution in [1.29, 1.82) is 0 Å². The molecule has 1 amide bonds. The minimum atomic E-state index is -5.17. The number of carboxylic acid groups (broad SMARTS) is 1. The number of aromatic nitrogens is 1. The number of aryl methyl sites for hydroxylation is 1. The largest absolute Gasteiger partial charge is 0.496 e. The monoisotopic (exact) mass is 724 g/mol. The highest BCUT2D eigenvalue weighted by Gasteiger charge is 2.52. The number of nitrogens with zero attached hydrogens (tertiary/aromatic N) is 2. The van der Waals surface area contributed by atoms with E-state index in [2.05, 4.69) is 4.98 Å². The first-order chi connectivity index (χ1) is 23.8. The second kappa shape index (κ2) is 12.5. The first-order valence-electron chi connectivity index (χ1n) is 15.2. The average Bonchev–Trinajstić information content (AvgIpc) is 3.63. The van der Waals surface area contributed by atoms with E-state index in [1.807, 2.05) is 0 Å². The second-order valence-corrected chi connectivity index (χ2v) is 12.1. The number of pyridine rings is 1. The predicted molar refractivity (Wildman–Crippen MR) is 162 cm³/mol. The van der Waals surface area contributed by atoms with Gasteiger partial charge >= 0.3 is 30.6 Å². The van der Waals surface area contributed by atoms with Crippen molar-refractivity contribution >= 4 is 12.1 Å². The van der Waals surface area contributed by atoms with E-state index >= 15 is 0 Å². The van der Waals surface area contributed by atoms with Gasteiger partial charge in [-0.15, -0.1) is 0 Å². The Hall–Kier alpha value is -5.28. The fourth-order valence-electron chi connectivity index (χ4n) is 6.68. The summed E-state index contributed by atoms with van der Waals surface area (Å²) in [6.07, 6.45) is -17.4. The summed E-state index contributed by atoms with van der Waals surface area (Å²) in [7, 11) is 1.31. The van der Waals surface area contributed by atoms with Gasteiger partial charge in [0.15, 0.2) is 0 Å². The molecule has 2 aliphatic heterocycles. The summed E-state index contributed by atoms with van der Waals surface area (Å²) in [5.74, 6) is -0.975. The van der Waals surface area contributed by atoms with Crippen LogP contribution in [0.15, 0.2) is 66.9 Å². The van der Waals surface area contributed by atoms with Crippen LogP contribution < -0.4 is 4.74 Å². The molecule has 7 nitrogen and oxygen atoms in total. The number of alkyl halides is 9. The third-order valence-corrected chi connectivity index (χ3v) is 9.00. The highest BCUT2D eigenvalue weighted by molar-refractivity contribution is 5.89. The molecule has 0 radical (unpaired) electrons. The number of carboxylic acids is 1. The molecule has 1 N–H and O–H groups in total. The molecule has 6 rings (SSSR count). The van der Waals surface area contributed by atoms with Crippen LogP contribution in [0.25, 0.3) is 22.4 Å². The molecule has 4 aromatic rings. The fourth-order valence-corrected chi connectivity index (χ4v) is 6.68. The molecule has 51 heavy (non-hydrogen) atoms. The number of halogens is 9. The maximum absolute atomic E-state index is 14.1. The van der Waals surface area contributed by atoms with E-state index in [0.717, 1.165) is 11.0 Å². The molecule has 3 aromatic carbocycles. The van der Waals surface area contributed by atoms with E-state index in [4.69, 9.17) is 9.47 Å². The third kappa shape index (κ3) is 6.66. The molecule has 0 bridgehead atoms. The highest BCUT2D eigenvalue weighted by atomic mass is 19.4. The Kier molecular flexibility index (Phi) is 8.71. The van der Waals surface area contributed by atoms with Gasteiger partial charge < -0.3 is 14.6 Å². The van der Waals surface area contributed by atoms with Gasteiger partial charge in [0.25, 0.3) is 0 Å². The lowest BCUT2D eigenvalue weighted by atomic mass is 9.92. The standard InChI is InChI=1S/C35H25F9N2O5/c1-16-9-18(31(47)48)3-5-23(16)17-4-8-28(50-2)25(12-17)29-24(14-22(15-45-29)35(42,43)44)26-6-7-27-30(51-32(49)46(26)27)19-10-20(33(36,37)38)13-21(11-19)34(39,40)41/h3-5,8-15,26-27,30H,6-7H2,1-2H3,(H,47,48)/t26-,27-,30+/m0/s1. The number of hydrogen-bond acceptors (Lipinski definition) is 5. The van der Waals surface area contributed by atoms with Gasteiger partial charge in [0.1, 0.15) is 11.9 Å². The van der Waals surface area contributed by atoms with Gasteiger partial charge in [0.05, 0.1) is 47.1 Å². The Morgan fingerprint density at radius 3 is 2.06 bits per heavy atom. The quantitative estimate of drug-likeness (QED) is 0.199. The second-order valence-electron chi connectivity index (χ2n) is 12.1. The molecule has 0 aliphatic carbocycles. The third-order valence-electron chi connectivity index (χ3n) is 9.00. The van der Waals surface area contributed by atoms with E-state index in [0.29, 0.717) is 35.0 Å². The summed E-state index contributed by atoms with van der Waals surface area (Å²) in [4.78, 5) is 30.0. The van der Waals surface area contributed by atoms with Gasteiger partial charge in [-0.3, -0.25) is 9.88 Å². The summed E-state index contributed by atoms with van der Waals surface area (Å²) >= 11 is 0. The lowest BCUT2D eigenvalue weighted by molar-refractivity contribution is -0.143. The van der Waals surface area contributed by atoms with E-state index in [9.17, 15) is 54.2 Å². The summed E-state index contributed by atoms with van der Waals surface area (Å²) in [6.45, 7) is 1.67. The maximum atomic E-state index is 14.1. The van der Waals surface area contributed by atoms with Gasteiger partial charge in [-0.2, -0.15) is 39.5 Å². The Labute approximate surface area is 283 Å². The molecule has 2 aliphatic rings. The molecule has 1 aromatic heterocycles. The molecule has 3 heterocycles. The van der Waals surface area contributed by atoms with Crippen LogP contribution in [-0.4, -0.2) is 40.2 Å². The zero-order chi connectivity index (χ0) is 37.2. The van der Waals surface area contributed by atoms with Crippen LogP contribution in [0.1, 0.15) is 68.7 Å². The molecule has 268 valence electrons. The molecular formula is C35H25F9N2O5. The summed E-state index contributed by atoms with van der Waals surface area (Å²) < 4.78 is 135. The molecule has 2 saturated heterocycles. The zero-order valence-electron chi connectivity index (χ0n) is 26.4. The number of carbonyl (C=O) groups is 2. The Bertz CT molecular complexity index is 2010. The molecule has 0 unspecified atom stereocenters. The van der Waals surface area contributed by atoms with Crippen LogP contribution in [0.2, 0.25) is 0 Å². The zero-order valence-corrected chi connectivity index (χ0v) is 26.4. The maximum Gasteiger partial charge on any atom is 0.417 e. The van der Waals surface area contributed by atoms with Gasteiger partial charge in [-0.25, -0.2) is 9.59 Å². The van der Waals surface area contributed by atoms with Crippen molar-refractivity contribution in [2.45, 2.75) is 56.5 Å². The number of ether oxygens (including phenoxy) is 2. The fraction of sp³-hybridized carbons (Fsp3) is 0.286. The van der Waals surface area contributed by atoms with E-state index in [1.165, 1.54) is 25.3 Å². The normalized spacial score (nSPS) is 19.2. The minimum absolute atomic E-state index is 0.0306. The number of benzene rings is 3. The van der Waals surface area contributed by atoms with Crippen LogP contribution in [-0.2, 0) is 23.3 Å². The van der Waals surface area contributed by atoms with Crippen molar-refractivity contribution in [3.63, 3.8) is 0 Å². The highest BCUT2D eigenvalue weighted by Crippen LogP contribution is 2.51. The number of fused-ring (bicyclic) bond motifs is 1. The van der Waals surface area contributed by atoms with Crippen molar-refractivity contribution in [3.05, 3.63) is 106 Å². The first kappa shape index (κ1) is 35.5.